The van der Waals surface area contributed by atoms with E-state index in [9.17, 15) is 9.59 Å². The number of nitrogens with one attached hydrogen (secondary N) is 1. The highest BCUT2D eigenvalue weighted by atomic mass is 16.5. The lowest BCUT2D eigenvalue weighted by atomic mass is 10.1. The van der Waals surface area contributed by atoms with Crippen molar-refractivity contribution >= 4 is 23.2 Å². The van der Waals surface area contributed by atoms with Crippen LogP contribution in [0.4, 0.5) is 11.4 Å². The van der Waals surface area contributed by atoms with Gasteiger partial charge in [-0.15, -0.1) is 0 Å². The average molecular weight is 396 g/mol. The van der Waals surface area contributed by atoms with Gasteiger partial charge in [0.1, 0.15) is 0 Å². The van der Waals surface area contributed by atoms with Crippen LogP contribution in [0.1, 0.15) is 49.9 Å². The highest BCUT2D eigenvalue weighted by molar-refractivity contribution is 6.05. The second-order valence-corrected chi connectivity index (χ2v) is 7.01. The number of rotatable bonds is 9. The highest BCUT2D eigenvalue weighted by Crippen LogP contribution is 2.29. The van der Waals surface area contributed by atoms with Gasteiger partial charge in [0, 0.05) is 29.9 Å². The lowest BCUT2D eigenvalue weighted by Gasteiger charge is -2.16. The highest BCUT2D eigenvalue weighted by Gasteiger charge is 2.21. The van der Waals surface area contributed by atoms with E-state index in [4.69, 9.17) is 9.47 Å². The number of hydrogen-bond donors (Lipinski definition) is 1. The number of carbonyl (C=O) groups is 2. The van der Waals surface area contributed by atoms with Crippen molar-refractivity contribution in [2.75, 3.05) is 30.0 Å². The SMILES string of the molecule is CCCOc1ccc(C(=O)Nc2ccc(N3CCCC3=O)cc2)cc1OCCC. The zero-order valence-electron chi connectivity index (χ0n) is 17.1. The topological polar surface area (TPSA) is 67.9 Å². The number of benzene rings is 2. The first-order valence-electron chi connectivity index (χ1n) is 10.2. The van der Waals surface area contributed by atoms with Gasteiger partial charge in [0.05, 0.1) is 13.2 Å². The largest absolute Gasteiger partial charge is 0.490 e. The number of anilines is 2. The molecular weight excluding hydrogens is 368 g/mol. The summed E-state index contributed by atoms with van der Waals surface area (Å²) in [5.41, 5.74) is 2.03. The van der Waals surface area contributed by atoms with Crippen molar-refractivity contribution < 1.29 is 19.1 Å². The van der Waals surface area contributed by atoms with Gasteiger partial charge in [0.25, 0.3) is 5.91 Å². The molecule has 0 aromatic heterocycles. The monoisotopic (exact) mass is 396 g/mol. The Morgan fingerprint density at radius 2 is 1.69 bits per heavy atom. The summed E-state index contributed by atoms with van der Waals surface area (Å²) in [7, 11) is 0. The first-order valence-corrected chi connectivity index (χ1v) is 10.2. The molecule has 3 rings (SSSR count). The van der Waals surface area contributed by atoms with Gasteiger partial charge in [-0.1, -0.05) is 13.8 Å². The van der Waals surface area contributed by atoms with Crippen molar-refractivity contribution in [3.05, 3.63) is 48.0 Å². The summed E-state index contributed by atoms with van der Waals surface area (Å²) in [5.74, 6) is 1.15. The van der Waals surface area contributed by atoms with Crippen LogP contribution in [0.2, 0.25) is 0 Å². The van der Waals surface area contributed by atoms with Gasteiger partial charge < -0.3 is 19.7 Å². The van der Waals surface area contributed by atoms with Crippen molar-refractivity contribution in [2.45, 2.75) is 39.5 Å². The molecule has 154 valence electrons. The number of nitrogens with zero attached hydrogens (tertiary/aromatic N) is 1. The Morgan fingerprint density at radius 1 is 1.00 bits per heavy atom. The van der Waals surface area contributed by atoms with Crippen LogP contribution in [0.5, 0.6) is 11.5 Å². The summed E-state index contributed by atoms with van der Waals surface area (Å²) < 4.78 is 11.5. The first-order chi connectivity index (χ1) is 14.1. The quantitative estimate of drug-likeness (QED) is 0.670. The molecule has 0 aliphatic carbocycles. The lowest BCUT2D eigenvalue weighted by molar-refractivity contribution is -0.117. The lowest BCUT2D eigenvalue weighted by Crippen LogP contribution is -2.23. The molecule has 0 spiro atoms. The zero-order valence-corrected chi connectivity index (χ0v) is 17.1. The van der Waals surface area contributed by atoms with Crippen LogP contribution in [0.3, 0.4) is 0 Å². The second-order valence-electron chi connectivity index (χ2n) is 7.01. The van der Waals surface area contributed by atoms with E-state index in [-0.39, 0.29) is 11.8 Å². The Bertz CT molecular complexity index is 848. The molecule has 6 nitrogen and oxygen atoms in total. The normalized spacial score (nSPS) is 13.4. The molecule has 1 fully saturated rings. The van der Waals surface area contributed by atoms with E-state index in [1.807, 2.05) is 38.1 Å². The smallest absolute Gasteiger partial charge is 0.255 e. The molecule has 29 heavy (non-hydrogen) atoms. The Balaban J connectivity index is 1.70. The van der Waals surface area contributed by atoms with Crippen LogP contribution in [0.25, 0.3) is 0 Å². The molecule has 1 heterocycles. The predicted octanol–water partition coefficient (Wildman–Crippen LogP) is 4.64. The molecule has 1 N–H and O–H groups in total. The summed E-state index contributed by atoms with van der Waals surface area (Å²) in [6.45, 7) is 5.98. The van der Waals surface area contributed by atoms with E-state index < -0.39 is 0 Å². The Morgan fingerprint density at radius 3 is 2.31 bits per heavy atom. The van der Waals surface area contributed by atoms with E-state index in [2.05, 4.69) is 5.32 Å². The molecule has 6 heteroatoms. The molecule has 0 atom stereocenters. The van der Waals surface area contributed by atoms with Gasteiger partial charge in [0.15, 0.2) is 11.5 Å². The molecule has 0 radical (unpaired) electrons. The number of hydrogen-bond acceptors (Lipinski definition) is 4. The molecule has 2 aromatic rings. The zero-order chi connectivity index (χ0) is 20.6. The van der Waals surface area contributed by atoms with Crippen molar-refractivity contribution in [3.8, 4) is 11.5 Å². The third-order valence-corrected chi connectivity index (χ3v) is 4.64. The minimum Gasteiger partial charge on any atom is -0.490 e. The maximum Gasteiger partial charge on any atom is 0.255 e. The van der Waals surface area contributed by atoms with Crippen LogP contribution in [-0.2, 0) is 4.79 Å². The molecule has 1 aliphatic rings. The van der Waals surface area contributed by atoms with Crippen LogP contribution < -0.4 is 19.7 Å². The number of ether oxygens (including phenoxy) is 2. The summed E-state index contributed by atoms with van der Waals surface area (Å²) in [5, 5.41) is 2.89. The summed E-state index contributed by atoms with van der Waals surface area (Å²) in [4.78, 5) is 26.3. The maximum absolute atomic E-state index is 12.7. The summed E-state index contributed by atoms with van der Waals surface area (Å²) >= 11 is 0. The van der Waals surface area contributed by atoms with Gasteiger partial charge in [0.2, 0.25) is 5.91 Å². The van der Waals surface area contributed by atoms with E-state index in [0.717, 1.165) is 31.5 Å². The van der Waals surface area contributed by atoms with Gasteiger partial charge in [-0.2, -0.15) is 0 Å². The summed E-state index contributed by atoms with van der Waals surface area (Å²) in [6.07, 6.45) is 3.25. The first kappa shape index (κ1) is 20.7. The molecule has 0 unspecified atom stereocenters. The molecule has 1 aliphatic heterocycles. The van der Waals surface area contributed by atoms with Crippen LogP contribution >= 0.6 is 0 Å². The molecule has 0 saturated carbocycles. The van der Waals surface area contributed by atoms with Gasteiger partial charge >= 0.3 is 0 Å². The third kappa shape index (κ3) is 5.28. The van der Waals surface area contributed by atoms with Crippen LogP contribution in [0, 0.1) is 0 Å². The molecular formula is C23H28N2O4. The fourth-order valence-electron chi connectivity index (χ4n) is 3.15. The second kappa shape index (κ2) is 9.96. The number of carbonyl (C=O) groups excluding carboxylic acids is 2. The fourth-order valence-corrected chi connectivity index (χ4v) is 3.15. The van der Waals surface area contributed by atoms with Gasteiger partial charge in [-0.3, -0.25) is 9.59 Å². The Hall–Kier alpha value is -3.02. The predicted molar refractivity (Wildman–Crippen MR) is 114 cm³/mol. The van der Waals surface area contributed by atoms with Crippen molar-refractivity contribution in [2.24, 2.45) is 0 Å². The standard InChI is InChI=1S/C23H28N2O4/c1-3-14-28-20-12-7-17(16-21(20)29-15-4-2)23(27)24-18-8-10-19(11-9-18)25-13-5-6-22(25)26/h7-12,16H,3-6,13-15H2,1-2H3,(H,24,27). The molecule has 2 aromatic carbocycles. The third-order valence-electron chi connectivity index (χ3n) is 4.64. The van der Waals surface area contributed by atoms with E-state index in [0.29, 0.717) is 42.4 Å². The molecule has 1 saturated heterocycles. The Labute approximate surface area is 171 Å². The van der Waals surface area contributed by atoms with E-state index in [1.54, 1.807) is 23.1 Å². The van der Waals surface area contributed by atoms with Crippen molar-refractivity contribution in [1.29, 1.82) is 0 Å². The fraction of sp³-hybridized carbons (Fsp3) is 0.391. The average Bonchev–Trinajstić information content (AvgIpc) is 3.17. The maximum atomic E-state index is 12.7. The van der Waals surface area contributed by atoms with Crippen LogP contribution in [0.15, 0.2) is 42.5 Å². The van der Waals surface area contributed by atoms with Gasteiger partial charge in [-0.25, -0.2) is 0 Å². The summed E-state index contributed by atoms with van der Waals surface area (Å²) in [6, 6.07) is 12.6. The minimum absolute atomic E-state index is 0.145. The van der Waals surface area contributed by atoms with E-state index >= 15 is 0 Å². The van der Waals surface area contributed by atoms with Crippen molar-refractivity contribution in [1.82, 2.24) is 0 Å². The van der Waals surface area contributed by atoms with Gasteiger partial charge in [-0.05, 0) is 61.7 Å². The molecule has 2 amide bonds. The van der Waals surface area contributed by atoms with E-state index in [1.165, 1.54) is 0 Å². The number of amides is 2. The Kier molecular flexibility index (Phi) is 7.11. The minimum atomic E-state index is -0.224. The molecule has 0 bridgehead atoms. The van der Waals surface area contributed by atoms with Crippen LogP contribution in [-0.4, -0.2) is 31.6 Å². The van der Waals surface area contributed by atoms with Crippen molar-refractivity contribution in [3.63, 3.8) is 0 Å².